The topological polar surface area (TPSA) is 75.7 Å². The number of nitrogens with zero attached hydrogens (tertiary/aromatic N) is 1. The van der Waals surface area contributed by atoms with Gasteiger partial charge in [0.15, 0.2) is 0 Å². The Hall–Kier alpha value is -2.55. The van der Waals surface area contributed by atoms with Gasteiger partial charge >= 0.3 is 0 Å². The highest BCUT2D eigenvalue weighted by Gasteiger charge is 2.18. The normalized spacial score (nSPS) is 11.1. The highest BCUT2D eigenvalue weighted by molar-refractivity contribution is 9.10. The molecule has 0 unspecified atom stereocenters. The Morgan fingerprint density at radius 1 is 1.03 bits per heavy atom. The van der Waals surface area contributed by atoms with Crippen LogP contribution in [0.3, 0.4) is 0 Å². The van der Waals surface area contributed by atoms with Crippen molar-refractivity contribution in [1.82, 2.24) is 5.32 Å². The van der Waals surface area contributed by atoms with E-state index in [-0.39, 0.29) is 19.1 Å². The number of amides is 1. The van der Waals surface area contributed by atoms with E-state index in [1.165, 1.54) is 10.6 Å². The van der Waals surface area contributed by atoms with Gasteiger partial charge in [0, 0.05) is 10.0 Å². The van der Waals surface area contributed by atoms with Crippen LogP contribution in [0.1, 0.15) is 15.9 Å². The quantitative estimate of drug-likeness (QED) is 0.395. The number of benzene rings is 3. The van der Waals surface area contributed by atoms with Crippen molar-refractivity contribution in [3.05, 3.63) is 93.4 Å². The van der Waals surface area contributed by atoms with Gasteiger partial charge in [0.25, 0.3) is 5.91 Å². The van der Waals surface area contributed by atoms with Crippen LogP contribution in [-0.4, -0.2) is 33.7 Å². The second-order valence-electron chi connectivity index (χ2n) is 6.98. The zero-order valence-corrected chi connectivity index (χ0v) is 20.5. The third kappa shape index (κ3) is 6.72. The highest BCUT2D eigenvalue weighted by Crippen LogP contribution is 2.24. The van der Waals surface area contributed by atoms with Crippen LogP contribution in [-0.2, 0) is 16.6 Å². The fourth-order valence-corrected chi connectivity index (χ4v) is 4.27. The summed E-state index contributed by atoms with van der Waals surface area (Å²) in [5.74, 6) is 0.321. The van der Waals surface area contributed by atoms with E-state index in [2.05, 4.69) is 21.2 Å². The van der Waals surface area contributed by atoms with Crippen molar-refractivity contribution in [1.29, 1.82) is 0 Å². The molecule has 3 aromatic carbocycles. The first-order valence-electron chi connectivity index (χ1n) is 9.72. The van der Waals surface area contributed by atoms with Crippen LogP contribution in [0.4, 0.5) is 5.69 Å². The standard InChI is InChI=1S/C23H22BrClN2O4S/c1-32(29,30)27(20-12-10-19(24)11-13-20)16-17-6-8-18(9-7-17)23(28)26-14-15-31-22-5-3-2-4-21(22)25/h2-13H,14-16H2,1H3,(H,26,28). The number of para-hydroxylation sites is 1. The number of carbonyl (C=O) groups is 1. The number of rotatable bonds is 9. The number of anilines is 1. The molecular formula is C23H22BrClN2O4S. The fourth-order valence-electron chi connectivity index (χ4n) is 2.92. The summed E-state index contributed by atoms with van der Waals surface area (Å²) in [5, 5.41) is 3.30. The average Bonchev–Trinajstić information content (AvgIpc) is 2.76. The number of ether oxygens (including phenoxy) is 1. The Kier molecular flexibility index (Phi) is 8.17. The smallest absolute Gasteiger partial charge is 0.251 e. The van der Waals surface area contributed by atoms with Crippen LogP contribution in [0, 0.1) is 0 Å². The third-order valence-electron chi connectivity index (χ3n) is 4.54. The second-order valence-corrected chi connectivity index (χ2v) is 10.2. The van der Waals surface area contributed by atoms with Gasteiger partial charge in [0.1, 0.15) is 12.4 Å². The molecule has 3 rings (SSSR count). The molecular weight excluding hydrogens is 516 g/mol. The number of sulfonamides is 1. The van der Waals surface area contributed by atoms with Gasteiger partial charge in [0.2, 0.25) is 10.0 Å². The number of carbonyl (C=O) groups excluding carboxylic acids is 1. The van der Waals surface area contributed by atoms with E-state index < -0.39 is 10.0 Å². The molecule has 32 heavy (non-hydrogen) atoms. The summed E-state index contributed by atoms with van der Waals surface area (Å²) in [6.07, 6.45) is 1.17. The van der Waals surface area contributed by atoms with Crippen LogP contribution in [0.5, 0.6) is 5.75 Å². The van der Waals surface area contributed by atoms with Gasteiger partial charge in [-0.05, 0) is 54.1 Å². The average molecular weight is 538 g/mol. The van der Waals surface area contributed by atoms with E-state index in [1.807, 2.05) is 12.1 Å². The predicted octanol–water partition coefficient (Wildman–Crippen LogP) is 4.88. The van der Waals surface area contributed by atoms with Gasteiger partial charge < -0.3 is 10.1 Å². The lowest BCUT2D eigenvalue weighted by molar-refractivity contribution is 0.0947. The second kappa shape index (κ2) is 10.8. The van der Waals surface area contributed by atoms with Gasteiger partial charge in [-0.3, -0.25) is 9.10 Å². The zero-order valence-electron chi connectivity index (χ0n) is 17.3. The summed E-state index contributed by atoms with van der Waals surface area (Å²) in [5.41, 5.74) is 1.80. The fraction of sp³-hybridized carbons (Fsp3) is 0.174. The van der Waals surface area contributed by atoms with Crippen molar-refractivity contribution in [2.24, 2.45) is 0 Å². The number of hydrogen-bond donors (Lipinski definition) is 1. The van der Waals surface area contributed by atoms with E-state index in [0.717, 1.165) is 10.0 Å². The lowest BCUT2D eigenvalue weighted by atomic mass is 10.1. The Morgan fingerprint density at radius 3 is 2.31 bits per heavy atom. The minimum atomic E-state index is -3.48. The summed E-state index contributed by atoms with van der Waals surface area (Å²) < 4.78 is 32.3. The summed E-state index contributed by atoms with van der Waals surface area (Å²) in [7, 11) is -3.48. The van der Waals surface area contributed by atoms with E-state index >= 15 is 0 Å². The largest absolute Gasteiger partial charge is 0.490 e. The van der Waals surface area contributed by atoms with Gasteiger partial charge in [-0.2, -0.15) is 0 Å². The number of halogens is 2. The van der Waals surface area contributed by atoms with Gasteiger partial charge in [-0.1, -0.05) is 51.8 Å². The summed E-state index contributed by atoms with van der Waals surface area (Å²) >= 11 is 9.38. The molecule has 0 fully saturated rings. The molecule has 0 aliphatic rings. The molecule has 168 valence electrons. The lowest BCUT2D eigenvalue weighted by Gasteiger charge is -2.22. The molecule has 0 aliphatic carbocycles. The van der Waals surface area contributed by atoms with Crippen molar-refractivity contribution in [2.45, 2.75) is 6.54 Å². The SMILES string of the molecule is CS(=O)(=O)N(Cc1ccc(C(=O)NCCOc2ccccc2Cl)cc1)c1ccc(Br)cc1. The number of nitrogens with one attached hydrogen (secondary N) is 1. The first-order chi connectivity index (χ1) is 15.2. The van der Waals surface area contributed by atoms with Crippen LogP contribution >= 0.6 is 27.5 Å². The molecule has 0 saturated heterocycles. The Bertz CT molecular complexity index is 1170. The minimum Gasteiger partial charge on any atom is -0.490 e. The molecule has 0 radical (unpaired) electrons. The maximum absolute atomic E-state index is 12.4. The van der Waals surface area contributed by atoms with Crippen LogP contribution in [0.15, 0.2) is 77.3 Å². The molecule has 1 N–H and O–H groups in total. The molecule has 0 aromatic heterocycles. The summed E-state index contributed by atoms with van der Waals surface area (Å²) in [6.45, 7) is 0.759. The molecule has 0 heterocycles. The van der Waals surface area contributed by atoms with Crippen LogP contribution < -0.4 is 14.4 Å². The van der Waals surface area contributed by atoms with E-state index in [1.54, 1.807) is 60.7 Å². The number of hydrogen-bond acceptors (Lipinski definition) is 4. The van der Waals surface area contributed by atoms with Crippen molar-refractivity contribution >= 4 is 49.1 Å². The van der Waals surface area contributed by atoms with Crippen molar-refractivity contribution in [3.63, 3.8) is 0 Å². The molecule has 0 bridgehead atoms. The van der Waals surface area contributed by atoms with Crippen LogP contribution in [0.25, 0.3) is 0 Å². The minimum absolute atomic E-state index is 0.161. The van der Waals surface area contributed by atoms with Gasteiger partial charge in [0.05, 0.1) is 30.1 Å². The highest BCUT2D eigenvalue weighted by atomic mass is 79.9. The maximum Gasteiger partial charge on any atom is 0.251 e. The first kappa shape index (κ1) is 24.1. The van der Waals surface area contributed by atoms with Crippen molar-refractivity contribution in [3.8, 4) is 5.75 Å². The zero-order chi connectivity index (χ0) is 23.1. The Balaban J connectivity index is 1.58. The monoisotopic (exact) mass is 536 g/mol. The molecule has 0 aliphatic heterocycles. The van der Waals surface area contributed by atoms with Crippen LogP contribution in [0.2, 0.25) is 5.02 Å². The summed E-state index contributed by atoms with van der Waals surface area (Å²) in [6, 6.07) is 21.0. The summed E-state index contributed by atoms with van der Waals surface area (Å²) in [4.78, 5) is 12.4. The lowest BCUT2D eigenvalue weighted by Crippen LogP contribution is -2.29. The van der Waals surface area contributed by atoms with E-state index in [4.69, 9.17) is 16.3 Å². The first-order valence-corrected chi connectivity index (χ1v) is 12.7. The molecule has 1 amide bonds. The maximum atomic E-state index is 12.4. The van der Waals surface area contributed by atoms with Gasteiger partial charge in [-0.15, -0.1) is 0 Å². The third-order valence-corrected chi connectivity index (χ3v) is 6.52. The van der Waals surface area contributed by atoms with Gasteiger partial charge in [-0.25, -0.2) is 8.42 Å². The molecule has 0 saturated carbocycles. The Labute approximate surface area is 201 Å². The molecule has 3 aromatic rings. The molecule has 9 heteroatoms. The van der Waals surface area contributed by atoms with Crippen molar-refractivity contribution in [2.75, 3.05) is 23.7 Å². The van der Waals surface area contributed by atoms with Crippen molar-refractivity contribution < 1.29 is 17.9 Å². The van der Waals surface area contributed by atoms with E-state index in [0.29, 0.717) is 28.6 Å². The molecule has 6 nitrogen and oxygen atoms in total. The molecule has 0 spiro atoms. The predicted molar refractivity (Wildman–Crippen MR) is 131 cm³/mol. The van der Waals surface area contributed by atoms with E-state index in [9.17, 15) is 13.2 Å². The molecule has 0 atom stereocenters. The Morgan fingerprint density at radius 2 is 1.69 bits per heavy atom.